The molecule has 1 aromatic carbocycles. The van der Waals surface area contributed by atoms with Crippen LogP contribution in [-0.2, 0) is 6.42 Å². The lowest BCUT2D eigenvalue weighted by molar-refractivity contribution is 0.0827. The zero-order chi connectivity index (χ0) is 20.6. The van der Waals surface area contributed by atoms with Gasteiger partial charge >= 0.3 is 0 Å². The predicted octanol–water partition coefficient (Wildman–Crippen LogP) is 2.36. The van der Waals surface area contributed by atoms with Gasteiger partial charge in [0.05, 0.1) is 6.54 Å². The zero-order valence-corrected chi connectivity index (χ0v) is 18.3. The van der Waals surface area contributed by atoms with E-state index in [9.17, 15) is 4.79 Å². The Bertz CT molecular complexity index is 694. The van der Waals surface area contributed by atoms with Crippen LogP contribution in [0.25, 0.3) is 0 Å². The van der Waals surface area contributed by atoms with Crippen LogP contribution in [0.2, 0.25) is 0 Å². The first-order valence-electron chi connectivity index (χ1n) is 11.1. The van der Waals surface area contributed by atoms with Crippen LogP contribution in [0.15, 0.2) is 29.3 Å². The van der Waals surface area contributed by atoms with Crippen LogP contribution in [0.1, 0.15) is 48.5 Å². The Hall–Kier alpha value is -2.08. The summed E-state index contributed by atoms with van der Waals surface area (Å²) in [5, 5.41) is 6.78. The number of benzene rings is 1. The predicted molar refractivity (Wildman–Crippen MR) is 119 cm³/mol. The molecule has 0 aliphatic heterocycles. The van der Waals surface area contributed by atoms with Crippen molar-refractivity contribution in [3.8, 4) is 0 Å². The third kappa shape index (κ3) is 7.35. The van der Waals surface area contributed by atoms with Crippen LogP contribution in [0.4, 0.5) is 0 Å². The van der Waals surface area contributed by atoms with Crippen molar-refractivity contribution in [2.75, 3.05) is 46.8 Å². The topological polar surface area (TPSA) is 60.0 Å². The number of guanidine groups is 1. The molecule has 6 heteroatoms. The Kier molecular flexibility index (Phi) is 7.92. The largest absolute Gasteiger partial charge is 0.357 e. The van der Waals surface area contributed by atoms with Crippen molar-refractivity contribution in [3.63, 3.8) is 0 Å². The number of carbonyl (C=O) groups excluding carboxylic acids is 1. The van der Waals surface area contributed by atoms with E-state index in [0.717, 1.165) is 61.6 Å². The average Bonchev–Trinajstić information content (AvgIpc) is 3.61. The van der Waals surface area contributed by atoms with Gasteiger partial charge in [-0.05, 0) is 62.6 Å². The fraction of sp³-hybridized carbons (Fsp3) is 0.652. The molecule has 0 atom stereocenters. The molecule has 2 saturated carbocycles. The molecule has 2 aliphatic rings. The van der Waals surface area contributed by atoms with E-state index in [1.807, 2.05) is 18.2 Å². The Morgan fingerprint density at radius 3 is 2.62 bits per heavy atom. The molecule has 0 aromatic heterocycles. The molecular formula is C23H37N5O. The van der Waals surface area contributed by atoms with E-state index in [1.54, 1.807) is 19.0 Å². The molecule has 1 amide bonds. The lowest BCUT2D eigenvalue weighted by Crippen LogP contribution is -2.39. The van der Waals surface area contributed by atoms with E-state index in [2.05, 4.69) is 28.5 Å². The molecule has 6 nitrogen and oxygen atoms in total. The summed E-state index contributed by atoms with van der Waals surface area (Å²) >= 11 is 0. The van der Waals surface area contributed by atoms with Gasteiger partial charge in [-0.3, -0.25) is 14.7 Å². The number of aliphatic imine (C=N–C) groups is 1. The molecule has 3 rings (SSSR count). The molecule has 2 aliphatic carbocycles. The molecule has 2 N–H and O–H groups in total. The van der Waals surface area contributed by atoms with Crippen LogP contribution in [0, 0.1) is 5.92 Å². The third-order valence-corrected chi connectivity index (χ3v) is 5.54. The zero-order valence-electron chi connectivity index (χ0n) is 18.3. The maximum Gasteiger partial charge on any atom is 0.253 e. The van der Waals surface area contributed by atoms with E-state index >= 15 is 0 Å². The van der Waals surface area contributed by atoms with Crippen molar-refractivity contribution in [3.05, 3.63) is 35.4 Å². The van der Waals surface area contributed by atoms with E-state index in [4.69, 9.17) is 4.99 Å². The lowest BCUT2D eigenvalue weighted by atomic mass is 10.1. The monoisotopic (exact) mass is 399 g/mol. The summed E-state index contributed by atoms with van der Waals surface area (Å²) in [4.78, 5) is 21.2. The van der Waals surface area contributed by atoms with Crippen LogP contribution in [0.3, 0.4) is 0 Å². The third-order valence-electron chi connectivity index (χ3n) is 5.54. The minimum atomic E-state index is 0.0427. The summed E-state index contributed by atoms with van der Waals surface area (Å²) in [6.07, 6.45) is 6.42. The summed E-state index contributed by atoms with van der Waals surface area (Å²) in [5.74, 6) is 1.87. The molecular weight excluding hydrogens is 362 g/mol. The maximum atomic E-state index is 12.1. The highest BCUT2D eigenvalue weighted by molar-refractivity contribution is 5.94. The summed E-state index contributed by atoms with van der Waals surface area (Å²) < 4.78 is 0. The first-order valence-corrected chi connectivity index (χ1v) is 11.1. The Morgan fingerprint density at radius 1 is 1.17 bits per heavy atom. The van der Waals surface area contributed by atoms with Gasteiger partial charge < -0.3 is 15.5 Å². The molecule has 0 bridgehead atoms. The second kappa shape index (κ2) is 10.6. The van der Waals surface area contributed by atoms with Gasteiger partial charge in [0.25, 0.3) is 5.91 Å². The lowest BCUT2D eigenvalue weighted by Gasteiger charge is -2.21. The molecule has 160 valence electrons. The SMILES string of the molecule is CCNC(=NCCN(CC1CC1)C1CC1)NCCc1cccc(C(=O)N(C)C)c1. The van der Waals surface area contributed by atoms with E-state index in [-0.39, 0.29) is 5.91 Å². The summed E-state index contributed by atoms with van der Waals surface area (Å²) in [5.41, 5.74) is 1.90. The smallest absolute Gasteiger partial charge is 0.253 e. The summed E-state index contributed by atoms with van der Waals surface area (Å²) in [7, 11) is 3.56. The Balaban J connectivity index is 1.45. The second-order valence-corrected chi connectivity index (χ2v) is 8.51. The molecule has 2 fully saturated rings. The number of carbonyl (C=O) groups is 1. The minimum Gasteiger partial charge on any atom is -0.357 e. The van der Waals surface area contributed by atoms with Crippen molar-refractivity contribution in [2.45, 2.75) is 45.1 Å². The number of hydrogen-bond acceptors (Lipinski definition) is 3. The number of nitrogens with zero attached hydrogens (tertiary/aromatic N) is 3. The molecule has 0 unspecified atom stereocenters. The van der Waals surface area contributed by atoms with Gasteiger partial charge in [0.15, 0.2) is 5.96 Å². The van der Waals surface area contributed by atoms with Crippen molar-refractivity contribution >= 4 is 11.9 Å². The summed E-state index contributed by atoms with van der Waals surface area (Å²) in [6.45, 7) is 6.91. The molecule has 1 aromatic rings. The van der Waals surface area contributed by atoms with Gasteiger partial charge in [0.1, 0.15) is 0 Å². The van der Waals surface area contributed by atoms with Crippen molar-refractivity contribution in [1.29, 1.82) is 0 Å². The van der Waals surface area contributed by atoms with E-state index in [1.165, 1.54) is 32.2 Å². The van der Waals surface area contributed by atoms with Gasteiger partial charge in [-0.1, -0.05) is 12.1 Å². The first kappa shape index (κ1) is 21.6. The van der Waals surface area contributed by atoms with Crippen LogP contribution < -0.4 is 10.6 Å². The van der Waals surface area contributed by atoms with Gasteiger partial charge in [0, 0.05) is 51.9 Å². The summed E-state index contributed by atoms with van der Waals surface area (Å²) in [6, 6.07) is 8.71. The minimum absolute atomic E-state index is 0.0427. The fourth-order valence-corrected chi connectivity index (χ4v) is 3.57. The first-order chi connectivity index (χ1) is 14.1. The highest BCUT2D eigenvalue weighted by Gasteiger charge is 2.33. The molecule has 0 heterocycles. The maximum absolute atomic E-state index is 12.1. The quantitative estimate of drug-likeness (QED) is 0.443. The van der Waals surface area contributed by atoms with E-state index < -0.39 is 0 Å². The normalized spacial score (nSPS) is 16.8. The van der Waals surface area contributed by atoms with Crippen molar-refractivity contribution < 1.29 is 4.79 Å². The molecule has 0 spiro atoms. The molecule has 0 saturated heterocycles. The Labute approximate surface area is 175 Å². The van der Waals surface area contributed by atoms with Gasteiger partial charge in [-0.15, -0.1) is 0 Å². The van der Waals surface area contributed by atoms with Crippen LogP contribution in [0.5, 0.6) is 0 Å². The number of nitrogens with one attached hydrogen (secondary N) is 2. The van der Waals surface area contributed by atoms with Gasteiger partial charge in [-0.25, -0.2) is 0 Å². The fourth-order valence-electron chi connectivity index (χ4n) is 3.57. The van der Waals surface area contributed by atoms with Gasteiger partial charge in [0.2, 0.25) is 0 Å². The number of hydrogen-bond donors (Lipinski definition) is 2. The average molecular weight is 400 g/mol. The highest BCUT2D eigenvalue weighted by Crippen LogP contribution is 2.34. The van der Waals surface area contributed by atoms with Crippen molar-refractivity contribution in [2.24, 2.45) is 10.9 Å². The molecule has 29 heavy (non-hydrogen) atoms. The van der Waals surface area contributed by atoms with Crippen LogP contribution in [-0.4, -0.2) is 74.5 Å². The number of rotatable bonds is 11. The second-order valence-electron chi connectivity index (χ2n) is 8.51. The van der Waals surface area contributed by atoms with E-state index in [0.29, 0.717) is 0 Å². The van der Waals surface area contributed by atoms with Crippen LogP contribution >= 0.6 is 0 Å². The highest BCUT2D eigenvalue weighted by atomic mass is 16.2. The Morgan fingerprint density at radius 2 is 1.97 bits per heavy atom. The number of amides is 1. The van der Waals surface area contributed by atoms with Gasteiger partial charge in [-0.2, -0.15) is 0 Å². The van der Waals surface area contributed by atoms with Crippen molar-refractivity contribution in [1.82, 2.24) is 20.4 Å². The molecule has 0 radical (unpaired) electrons. The standard InChI is InChI=1S/C23H37N5O/c1-4-24-23(26-14-15-28(21-10-11-21)17-19-8-9-19)25-13-12-18-6-5-7-20(16-18)22(29)27(2)3/h5-7,16,19,21H,4,8-15,17H2,1-3H3,(H2,24,25,26).